The van der Waals surface area contributed by atoms with Crippen LogP contribution in [-0.2, 0) is 16.4 Å². The highest BCUT2D eigenvalue weighted by atomic mass is 28.4. The van der Waals surface area contributed by atoms with Gasteiger partial charge < -0.3 is 9.53 Å². The molecule has 0 fully saturated rings. The van der Waals surface area contributed by atoms with Gasteiger partial charge in [0.2, 0.25) is 0 Å². The minimum absolute atomic E-state index is 0.196. The molecule has 0 bridgehead atoms. The molecule has 0 aromatic heterocycles. The molecule has 0 aliphatic heterocycles. The lowest BCUT2D eigenvalue weighted by Gasteiger charge is -2.39. The molecule has 0 radical (unpaired) electrons. The number of rotatable bonds is 4. The molecule has 0 saturated heterocycles. The standard InChI is InChI=1S/C19H32O2Si/c1-8-22(6,7)21-17-13-12-14-15(17)10-9-11-16(14)19(5,20)18(2,3)4/h9-11,17,20H,8,12-13H2,1-7H3. The Labute approximate surface area is 137 Å². The van der Waals surface area contributed by atoms with E-state index < -0.39 is 13.9 Å². The highest BCUT2D eigenvalue weighted by Crippen LogP contribution is 2.45. The van der Waals surface area contributed by atoms with E-state index in [9.17, 15) is 5.11 Å². The van der Waals surface area contributed by atoms with Gasteiger partial charge in [-0.2, -0.15) is 0 Å². The smallest absolute Gasteiger partial charge is 0.187 e. The predicted molar refractivity (Wildman–Crippen MR) is 95.6 cm³/mol. The average molecular weight is 321 g/mol. The Bertz CT molecular complexity index is 541. The van der Waals surface area contributed by atoms with Gasteiger partial charge in [0.25, 0.3) is 0 Å². The van der Waals surface area contributed by atoms with Gasteiger partial charge >= 0.3 is 0 Å². The van der Waals surface area contributed by atoms with Crippen molar-refractivity contribution >= 4 is 8.32 Å². The van der Waals surface area contributed by atoms with Gasteiger partial charge in [-0.05, 0) is 61.0 Å². The van der Waals surface area contributed by atoms with Crippen molar-refractivity contribution in [3.63, 3.8) is 0 Å². The monoisotopic (exact) mass is 320 g/mol. The summed E-state index contributed by atoms with van der Waals surface area (Å²) in [6, 6.07) is 7.50. The second kappa shape index (κ2) is 5.77. The molecule has 22 heavy (non-hydrogen) atoms. The van der Waals surface area contributed by atoms with Gasteiger partial charge in [0.1, 0.15) is 0 Å². The van der Waals surface area contributed by atoms with Gasteiger partial charge in [-0.25, -0.2) is 0 Å². The summed E-state index contributed by atoms with van der Waals surface area (Å²) >= 11 is 0. The maximum Gasteiger partial charge on any atom is 0.187 e. The van der Waals surface area contributed by atoms with Crippen LogP contribution in [0.4, 0.5) is 0 Å². The molecule has 124 valence electrons. The topological polar surface area (TPSA) is 29.5 Å². The van der Waals surface area contributed by atoms with Crippen molar-refractivity contribution < 1.29 is 9.53 Å². The van der Waals surface area contributed by atoms with Crippen LogP contribution in [0.15, 0.2) is 18.2 Å². The number of fused-ring (bicyclic) bond motifs is 1. The van der Waals surface area contributed by atoms with Crippen LogP contribution < -0.4 is 0 Å². The van der Waals surface area contributed by atoms with Gasteiger partial charge in [0.05, 0.1) is 11.7 Å². The fraction of sp³-hybridized carbons (Fsp3) is 0.684. The van der Waals surface area contributed by atoms with Gasteiger partial charge in [-0.15, -0.1) is 0 Å². The molecule has 1 N–H and O–H groups in total. The van der Waals surface area contributed by atoms with E-state index in [-0.39, 0.29) is 11.5 Å². The molecule has 1 aromatic carbocycles. The van der Waals surface area contributed by atoms with Crippen molar-refractivity contribution in [1.82, 2.24) is 0 Å². The van der Waals surface area contributed by atoms with Crippen LogP contribution in [0, 0.1) is 5.41 Å². The molecular weight excluding hydrogens is 288 g/mol. The van der Waals surface area contributed by atoms with Crippen molar-refractivity contribution in [3.8, 4) is 0 Å². The van der Waals surface area contributed by atoms with Gasteiger partial charge in [-0.3, -0.25) is 0 Å². The fourth-order valence-electron chi connectivity index (χ4n) is 3.07. The van der Waals surface area contributed by atoms with Crippen molar-refractivity contribution in [2.75, 3.05) is 0 Å². The maximum atomic E-state index is 11.1. The van der Waals surface area contributed by atoms with E-state index in [1.165, 1.54) is 11.1 Å². The molecule has 0 spiro atoms. The number of hydrogen-bond donors (Lipinski definition) is 1. The first-order chi connectivity index (χ1) is 9.99. The van der Waals surface area contributed by atoms with Crippen LogP contribution in [-0.4, -0.2) is 13.4 Å². The minimum Gasteiger partial charge on any atom is -0.410 e. The van der Waals surface area contributed by atoms with Crippen molar-refractivity contribution in [1.29, 1.82) is 0 Å². The summed E-state index contributed by atoms with van der Waals surface area (Å²) in [5.74, 6) is 0. The van der Waals surface area contributed by atoms with Gasteiger partial charge in [-0.1, -0.05) is 45.9 Å². The highest BCUT2D eigenvalue weighted by Gasteiger charge is 2.41. The zero-order valence-corrected chi connectivity index (χ0v) is 16.3. The molecule has 1 aliphatic rings. The fourth-order valence-corrected chi connectivity index (χ4v) is 4.25. The second-order valence-electron chi connectivity index (χ2n) is 8.45. The molecular formula is C19H32O2Si. The summed E-state index contributed by atoms with van der Waals surface area (Å²) in [6.45, 7) is 15.1. The average Bonchev–Trinajstić information content (AvgIpc) is 2.80. The molecule has 2 atom stereocenters. The van der Waals surface area contributed by atoms with Crippen molar-refractivity contribution in [2.45, 2.75) is 78.3 Å². The summed E-state index contributed by atoms with van der Waals surface area (Å²) in [7, 11) is -1.57. The Morgan fingerprint density at radius 2 is 1.86 bits per heavy atom. The lowest BCUT2D eigenvalue weighted by Crippen LogP contribution is -2.37. The van der Waals surface area contributed by atoms with Crippen LogP contribution in [0.25, 0.3) is 0 Å². The van der Waals surface area contributed by atoms with Crippen molar-refractivity contribution in [3.05, 3.63) is 34.9 Å². The summed E-state index contributed by atoms with van der Waals surface area (Å²) < 4.78 is 6.48. The third kappa shape index (κ3) is 3.17. The number of benzene rings is 1. The maximum absolute atomic E-state index is 11.1. The Morgan fingerprint density at radius 3 is 2.41 bits per heavy atom. The molecule has 3 heteroatoms. The Morgan fingerprint density at radius 1 is 1.23 bits per heavy atom. The molecule has 2 nitrogen and oxygen atoms in total. The van der Waals surface area contributed by atoms with E-state index in [0.29, 0.717) is 0 Å². The second-order valence-corrected chi connectivity index (χ2v) is 12.9. The third-order valence-corrected chi connectivity index (χ3v) is 8.14. The summed E-state index contributed by atoms with van der Waals surface area (Å²) in [4.78, 5) is 0. The largest absolute Gasteiger partial charge is 0.410 e. The Kier molecular flexibility index (Phi) is 4.64. The quantitative estimate of drug-likeness (QED) is 0.776. The predicted octanol–water partition coefficient (Wildman–Crippen LogP) is 5.17. The van der Waals surface area contributed by atoms with Crippen molar-refractivity contribution in [2.24, 2.45) is 5.41 Å². The van der Waals surface area contributed by atoms with Crippen LogP contribution in [0.3, 0.4) is 0 Å². The summed E-state index contributed by atoms with van der Waals surface area (Å²) in [6.07, 6.45) is 2.27. The minimum atomic E-state index is -1.57. The Balaban J connectivity index is 2.40. The Hall–Kier alpha value is -0.643. The van der Waals surface area contributed by atoms with Crippen LogP contribution in [0.5, 0.6) is 0 Å². The molecule has 2 rings (SSSR count). The van der Waals surface area contributed by atoms with E-state index in [4.69, 9.17) is 4.43 Å². The van der Waals surface area contributed by atoms with Gasteiger partial charge in [0.15, 0.2) is 8.32 Å². The van der Waals surface area contributed by atoms with Crippen LogP contribution in [0.2, 0.25) is 19.1 Å². The van der Waals surface area contributed by atoms with E-state index in [2.05, 4.69) is 59.0 Å². The normalized spacial score (nSPS) is 21.5. The zero-order valence-electron chi connectivity index (χ0n) is 15.3. The van der Waals surface area contributed by atoms with Gasteiger partial charge in [0, 0.05) is 0 Å². The molecule has 0 saturated carbocycles. The summed E-state index contributed by atoms with van der Waals surface area (Å²) in [5, 5.41) is 11.1. The molecule has 1 aliphatic carbocycles. The first kappa shape index (κ1) is 17.7. The van der Waals surface area contributed by atoms with E-state index in [1.807, 2.05) is 6.92 Å². The molecule has 1 aromatic rings. The molecule has 2 unspecified atom stereocenters. The highest BCUT2D eigenvalue weighted by molar-refractivity contribution is 6.71. The van der Waals surface area contributed by atoms with E-state index in [1.54, 1.807) is 0 Å². The van der Waals surface area contributed by atoms with E-state index in [0.717, 1.165) is 24.4 Å². The SMILES string of the molecule is CC[Si](C)(C)OC1CCc2c1cccc2C(C)(O)C(C)(C)C. The lowest BCUT2D eigenvalue weighted by atomic mass is 9.72. The number of aliphatic hydroxyl groups is 1. The zero-order chi connectivity index (χ0) is 16.8. The lowest BCUT2D eigenvalue weighted by molar-refractivity contribution is -0.0476. The van der Waals surface area contributed by atoms with Crippen LogP contribution >= 0.6 is 0 Å². The first-order valence-electron chi connectivity index (χ1n) is 8.52. The molecule has 0 heterocycles. The van der Waals surface area contributed by atoms with Crippen LogP contribution in [0.1, 0.15) is 63.8 Å². The molecule has 0 amide bonds. The number of hydrogen-bond acceptors (Lipinski definition) is 2. The third-order valence-electron chi connectivity index (χ3n) is 5.51. The first-order valence-corrected chi connectivity index (χ1v) is 11.6. The van der Waals surface area contributed by atoms with E-state index >= 15 is 0 Å². The summed E-state index contributed by atoms with van der Waals surface area (Å²) in [5.41, 5.74) is 2.67.